The van der Waals surface area contributed by atoms with Crippen molar-refractivity contribution in [2.45, 2.75) is 45.1 Å². The van der Waals surface area contributed by atoms with Gasteiger partial charge in [-0.2, -0.15) is 0 Å². The SMILES string of the molecule is CC(C)(NC(=O)CCC1CCOCC1)C(=O)O. The summed E-state index contributed by atoms with van der Waals surface area (Å²) in [4.78, 5) is 22.4. The molecule has 0 unspecified atom stereocenters. The number of aliphatic carboxylic acids is 1. The lowest BCUT2D eigenvalue weighted by Crippen LogP contribution is -2.49. The Kier molecular flexibility index (Phi) is 4.93. The third-order valence-corrected chi connectivity index (χ3v) is 3.11. The molecule has 0 aliphatic carbocycles. The molecular weight excluding hydrogens is 222 g/mol. The highest BCUT2D eigenvalue weighted by atomic mass is 16.5. The number of nitrogens with one attached hydrogen (secondary N) is 1. The third-order valence-electron chi connectivity index (χ3n) is 3.11. The average Bonchev–Trinajstić information content (AvgIpc) is 2.27. The first kappa shape index (κ1) is 14.0. The van der Waals surface area contributed by atoms with E-state index >= 15 is 0 Å². The van der Waals surface area contributed by atoms with Crippen LogP contribution in [0.15, 0.2) is 0 Å². The number of rotatable bonds is 5. The predicted molar refractivity (Wildman–Crippen MR) is 62.6 cm³/mol. The van der Waals surface area contributed by atoms with Crippen molar-refractivity contribution >= 4 is 11.9 Å². The molecule has 5 nitrogen and oxygen atoms in total. The van der Waals surface area contributed by atoms with Crippen molar-refractivity contribution in [3.05, 3.63) is 0 Å². The molecule has 5 heteroatoms. The van der Waals surface area contributed by atoms with Crippen molar-refractivity contribution in [2.75, 3.05) is 13.2 Å². The Bertz CT molecular complexity index is 282. The molecule has 1 saturated heterocycles. The van der Waals surface area contributed by atoms with E-state index in [0.717, 1.165) is 32.5 Å². The molecule has 0 saturated carbocycles. The standard InChI is InChI=1S/C12H21NO4/c1-12(2,11(15)16)13-10(14)4-3-9-5-7-17-8-6-9/h9H,3-8H2,1-2H3,(H,13,14)(H,15,16). The van der Waals surface area contributed by atoms with Crippen molar-refractivity contribution in [3.63, 3.8) is 0 Å². The molecule has 0 radical (unpaired) electrons. The number of hydrogen-bond donors (Lipinski definition) is 2. The maximum atomic E-state index is 11.6. The van der Waals surface area contributed by atoms with Crippen LogP contribution in [-0.4, -0.2) is 35.7 Å². The van der Waals surface area contributed by atoms with Gasteiger partial charge in [-0.15, -0.1) is 0 Å². The van der Waals surface area contributed by atoms with E-state index in [2.05, 4.69) is 5.32 Å². The van der Waals surface area contributed by atoms with Crippen LogP contribution in [0.4, 0.5) is 0 Å². The summed E-state index contributed by atoms with van der Waals surface area (Å²) >= 11 is 0. The molecule has 0 aromatic rings. The fraction of sp³-hybridized carbons (Fsp3) is 0.833. The Morgan fingerprint density at radius 2 is 1.94 bits per heavy atom. The minimum atomic E-state index is -1.19. The van der Waals surface area contributed by atoms with Crippen LogP contribution in [0.1, 0.15) is 39.5 Å². The molecule has 2 N–H and O–H groups in total. The molecule has 0 aromatic heterocycles. The zero-order valence-electron chi connectivity index (χ0n) is 10.5. The monoisotopic (exact) mass is 243 g/mol. The summed E-state index contributed by atoms with van der Waals surface area (Å²) in [5.41, 5.74) is -1.19. The van der Waals surface area contributed by atoms with Crippen LogP contribution in [0.2, 0.25) is 0 Å². The van der Waals surface area contributed by atoms with Gasteiger partial charge < -0.3 is 15.2 Å². The normalized spacial score (nSPS) is 17.8. The summed E-state index contributed by atoms with van der Waals surface area (Å²) in [6, 6.07) is 0. The van der Waals surface area contributed by atoms with Crippen LogP contribution in [-0.2, 0) is 14.3 Å². The van der Waals surface area contributed by atoms with Crippen LogP contribution in [0.25, 0.3) is 0 Å². The number of amides is 1. The van der Waals surface area contributed by atoms with Gasteiger partial charge in [0, 0.05) is 19.6 Å². The quantitative estimate of drug-likeness (QED) is 0.760. The molecule has 1 rings (SSSR count). The van der Waals surface area contributed by atoms with Gasteiger partial charge in [-0.1, -0.05) is 0 Å². The van der Waals surface area contributed by atoms with Crippen molar-refractivity contribution in [1.29, 1.82) is 0 Å². The van der Waals surface area contributed by atoms with Crippen molar-refractivity contribution < 1.29 is 19.4 Å². The van der Waals surface area contributed by atoms with Gasteiger partial charge in [0.25, 0.3) is 0 Å². The van der Waals surface area contributed by atoms with E-state index in [0.29, 0.717) is 12.3 Å². The zero-order chi connectivity index (χ0) is 12.9. The molecule has 1 aliphatic heterocycles. The number of carboxylic acid groups (broad SMARTS) is 1. The summed E-state index contributed by atoms with van der Waals surface area (Å²) in [5.74, 6) is -0.678. The fourth-order valence-electron chi connectivity index (χ4n) is 1.83. The van der Waals surface area contributed by atoms with Crippen molar-refractivity contribution in [2.24, 2.45) is 5.92 Å². The van der Waals surface area contributed by atoms with Gasteiger partial charge in [0.2, 0.25) is 5.91 Å². The van der Waals surface area contributed by atoms with E-state index in [1.165, 1.54) is 13.8 Å². The molecule has 98 valence electrons. The lowest BCUT2D eigenvalue weighted by Gasteiger charge is -2.24. The average molecular weight is 243 g/mol. The second kappa shape index (κ2) is 6.00. The van der Waals surface area contributed by atoms with Gasteiger partial charge in [0.15, 0.2) is 0 Å². The first-order valence-corrected chi connectivity index (χ1v) is 6.04. The molecule has 1 heterocycles. The summed E-state index contributed by atoms with van der Waals surface area (Å²) < 4.78 is 5.24. The van der Waals surface area contributed by atoms with Crippen LogP contribution >= 0.6 is 0 Å². The van der Waals surface area contributed by atoms with Crippen LogP contribution < -0.4 is 5.32 Å². The largest absolute Gasteiger partial charge is 0.480 e. The molecular formula is C12H21NO4. The minimum Gasteiger partial charge on any atom is -0.480 e. The molecule has 17 heavy (non-hydrogen) atoms. The number of ether oxygens (including phenoxy) is 1. The highest BCUT2D eigenvalue weighted by molar-refractivity contribution is 5.86. The maximum absolute atomic E-state index is 11.6. The molecule has 0 spiro atoms. The smallest absolute Gasteiger partial charge is 0.328 e. The van der Waals surface area contributed by atoms with Crippen LogP contribution in [0, 0.1) is 5.92 Å². The molecule has 1 aliphatic rings. The first-order chi connectivity index (χ1) is 7.92. The van der Waals surface area contributed by atoms with Gasteiger partial charge in [-0.05, 0) is 39.0 Å². The summed E-state index contributed by atoms with van der Waals surface area (Å²) in [5, 5.41) is 11.4. The van der Waals surface area contributed by atoms with E-state index in [1.54, 1.807) is 0 Å². The Labute approximate surface area is 102 Å². The lowest BCUT2D eigenvalue weighted by molar-refractivity contribution is -0.146. The number of carbonyl (C=O) groups is 2. The van der Waals surface area contributed by atoms with Crippen LogP contribution in [0.3, 0.4) is 0 Å². The van der Waals surface area contributed by atoms with E-state index in [1.807, 2.05) is 0 Å². The van der Waals surface area contributed by atoms with Gasteiger partial charge in [0.05, 0.1) is 0 Å². The van der Waals surface area contributed by atoms with Gasteiger partial charge in [-0.25, -0.2) is 4.79 Å². The molecule has 0 aromatic carbocycles. The Balaban J connectivity index is 2.27. The first-order valence-electron chi connectivity index (χ1n) is 6.04. The highest BCUT2D eigenvalue weighted by Crippen LogP contribution is 2.20. The lowest BCUT2D eigenvalue weighted by atomic mass is 9.94. The van der Waals surface area contributed by atoms with Crippen LogP contribution in [0.5, 0.6) is 0 Å². The molecule has 0 bridgehead atoms. The van der Waals surface area contributed by atoms with Crippen molar-refractivity contribution in [3.8, 4) is 0 Å². The van der Waals surface area contributed by atoms with E-state index in [4.69, 9.17) is 9.84 Å². The van der Waals surface area contributed by atoms with E-state index in [9.17, 15) is 9.59 Å². The molecule has 1 amide bonds. The third kappa shape index (κ3) is 4.73. The molecule has 1 fully saturated rings. The highest BCUT2D eigenvalue weighted by Gasteiger charge is 2.28. The Hall–Kier alpha value is -1.10. The second-order valence-corrected chi connectivity index (χ2v) is 5.07. The van der Waals surface area contributed by atoms with E-state index in [-0.39, 0.29) is 5.91 Å². The summed E-state index contributed by atoms with van der Waals surface area (Å²) in [6.07, 6.45) is 3.19. The Morgan fingerprint density at radius 3 is 2.47 bits per heavy atom. The molecule has 0 atom stereocenters. The second-order valence-electron chi connectivity index (χ2n) is 5.07. The van der Waals surface area contributed by atoms with Crippen molar-refractivity contribution in [1.82, 2.24) is 5.32 Å². The van der Waals surface area contributed by atoms with E-state index < -0.39 is 11.5 Å². The topological polar surface area (TPSA) is 75.6 Å². The van der Waals surface area contributed by atoms with Gasteiger partial charge in [-0.3, -0.25) is 4.79 Å². The number of carboxylic acids is 1. The minimum absolute atomic E-state index is 0.191. The Morgan fingerprint density at radius 1 is 1.35 bits per heavy atom. The fourth-order valence-corrected chi connectivity index (χ4v) is 1.83. The number of carbonyl (C=O) groups excluding carboxylic acids is 1. The van der Waals surface area contributed by atoms with Gasteiger partial charge >= 0.3 is 5.97 Å². The number of hydrogen-bond acceptors (Lipinski definition) is 3. The maximum Gasteiger partial charge on any atom is 0.328 e. The summed E-state index contributed by atoms with van der Waals surface area (Å²) in [7, 11) is 0. The predicted octanol–water partition coefficient (Wildman–Crippen LogP) is 1.17. The summed E-state index contributed by atoms with van der Waals surface area (Å²) in [6.45, 7) is 4.52. The van der Waals surface area contributed by atoms with Gasteiger partial charge in [0.1, 0.15) is 5.54 Å². The zero-order valence-corrected chi connectivity index (χ0v) is 10.5.